The fourth-order valence-corrected chi connectivity index (χ4v) is 3.75. The van der Waals surface area contributed by atoms with Crippen LogP contribution in [0.4, 0.5) is 4.79 Å². The second kappa shape index (κ2) is 7.22. The SMILES string of the molecule is CC1(C)CC1C(Br)C(Br)C=C(Cl)Cl.O=C(O)O. The second-order valence-corrected chi connectivity index (χ2v) is 7.55. The molecule has 0 bridgehead atoms. The van der Waals surface area contributed by atoms with Gasteiger partial charge in [0.25, 0.3) is 0 Å². The van der Waals surface area contributed by atoms with Gasteiger partial charge in [-0.25, -0.2) is 4.79 Å². The standard InChI is InChI=1S/C9H12Br2Cl2.CH2O3/c1-9(2)4-5(9)8(11)6(10)3-7(12)13;2-1(3)4/h3,5-6,8H,4H2,1-2H3;(H2,2,3,4). The summed E-state index contributed by atoms with van der Waals surface area (Å²) in [4.78, 5) is 9.18. The Labute approximate surface area is 127 Å². The van der Waals surface area contributed by atoms with Crippen molar-refractivity contribution in [1.29, 1.82) is 0 Å². The van der Waals surface area contributed by atoms with Gasteiger partial charge in [-0.3, -0.25) is 0 Å². The first-order valence-corrected chi connectivity index (χ1v) is 7.39. The zero-order valence-electron chi connectivity index (χ0n) is 9.33. The Balaban J connectivity index is 0.000000557. The third kappa shape index (κ3) is 7.54. The molecule has 0 heterocycles. The Kier molecular flexibility index (Phi) is 7.45. The Morgan fingerprint density at radius 2 is 1.76 bits per heavy atom. The first-order valence-electron chi connectivity index (χ1n) is 4.80. The molecule has 17 heavy (non-hydrogen) atoms. The van der Waals surface area contributed by atoms with Crippen molar-refractivity contribution in [3.05, 3.63) is 10.6 Å². The summed E-state index contributed by atoms with van der Waals surface area (Å²) in [5, 5.41) is 13.9. The summed E-state index contributed by atoms with van der Waals surface area (Å²) in [6.45, 7) is 4.55. The third-order valence-corrected chi connectivity index (χ3v) is 5.57. The zero-order chi connectivity index (χ0) is 13.8. The van der Waals surface area contributed by atoms with E-state index in [1.165, 1.54) is 6.42 Å². The normalized spacial score (nSPS) is 23.8. The summed E-state index contributed by atoms with van der Waals surface area (Å²) in [5.74, 6) is 0.709. The number of carbonyl (C=O) groups is 1. The van der Waals surface area contributed by atoms with Gasteiger partial charge < -0.3 is 10.2 Å². The van der Waals surface area contributed by atoms with Crippen molar-refractivity contribution in [3.63, 3.8) is 0 Å². The van der Waals surface area contributed by atoms with E-state index >= 15 is 0 Å². The molecule has 1 fully saturated rings. The van der Waals surface area contributed by atoms with Gasteiger partial charge in [0.05, 0.1) is 0 Å². The minimum absolute atomic E-state index is 0.212. The molecule has 0 radical (unpaired) electrons. The first-order chi connectivity index (χ1) is 7.58. The summed E-state index contributed by atoms with van der Waals surface area (Å²) in [7, 11) is 0. The number of hydrogen-bond donors (Lipinski definition) is 2. The van der Waals surface area contributed by atoms with E-state index in [0.717, 1.165) is 0 Å². The molecule has 0 aliphatic heterocycles. The van der Waals surface area contributed by atoms with Crippen molar-refractivity contribution < 1.29 is 15.0 Å². The fraction of sp³-hybridized carbons (Fsp3) is 0.700. The molecule has 3 atom stereocenters. The highest BCUT2D eigenvalue weighted by Gasteiger charge is 2.50. The number of hydrogen-bond acceptors (Lipinski definition) is 1. The van der Waals surface area contributed by atoms with Crippen LogP contribution in [0.5, 0.6) is 0 Å². The molecule has 7 heteroatoms. The Hall–Kier alpha value is 0.550. The molecule has 2 N–H and O–H groups in total. The molecule has 3 nitrogen and oxygen atoms in total. The van der Waals surface area contributed by atoms with Gasteiger partial charge in [-0.1, -0.05) is 68.9 Å². The van der Waals surface area contributed by atoms with Crippen molar-refractivity contribution in [1.82, 2.24) is 0 Å². The lowest BCUT2D eigenvalue weighted by Crippen LogP contribution is -2.16. The van der Waals surface area contributed by atoms with Crippen LogP contribution in [-0.2, 0) is 0 Å². The predicted molar refractivity (Wildman–Crippen MR) is 77.8 cm³/mol. The van der Waals surface area contributed by atoms with Crippen LogP contribution in [0.3, 0.4) is 0 Å². The highest BCUT2D eigenvalue weighted by atomic mass is 79.9. The maximum Gasteiger partial charge on any atom is 0.503 e. The lowest BCUT2D eigenvalue weighted by Gasteiger charge is -2.14. The summed E-state index contributed by atoms with van der Waals surface area (Å²) >= 11 is 18.4. The number of allylic oxidation sites excluding steroid dienone is 1. The Bertz CT molecular complexity index is 300. The molecule has 1 aliphatic rings. The highest BCUT2D eigenvalue weighted by molar-refractivity contribution is 9.12. The quantitative estimate of drug-likeness (QED) is 0.634. The van der Waals surface area contributed by atoms with Crippen LogP contribution in [0.25, 0.3) is 0 Å². The van der Waals surface area contributed by atoms with Crippen LogP contribution < -0.4 is 0 Å². The number of alkyl halides is 2. The van der Waals surface area contributed by atoms with Crippen LogP contribution in [0.15, 0.2) is 10.6 Å². The van der Waals surface area contributed by atoms with Gasteiger partial charge >= 0.3 is 6.16 Å². The van der Waals surface area contributed by atoms with E-state index in [1.807, 2.05) is 6.08 Å². The van der Waals surface area contributed by atoms with Crippen molar-refractivity contribution >= 4 is 61.2 Å². The van der Waals surface area contributed by atoms with Gasteiger partial charge in [-0.2, -0.15) is 0 Å². The van der Waals surface area contributed by atoms with Crippen LogP contribution in [-0.4, -0.2) is 26.0 Å². The zero-order valence-corrected chi connectivity index (χ0v) is 14.0. The molecular weight excluding hydrogens is 399 g/mol. The molecule has 0 amide bonds. The minimum Gasteiger partial charge on any atom is -0.450 e. The van der Waals surface area contributed by atoms with Crippen LogP contribution in [0.2, 0.25) is 0 Å². The van der Waals surface area contributed by atoms with Crippen molar-refractivity contribution in [3.8, 4) is 0 Å². The fourth-order valence-electron chi connectivity index (χ4n) is 1.49. The van der Waals surface area contributed by atoms with E-state index in [2.05, 4.69) is 45.7 Å². The molecule has 100 valence electrons. The molecule has 0 aromatic carbocycles. The Morgan fingerprint density at radius 1 is 1.41 bits per heavy atom. The van der Waals surface area contributed by atoms with Gasteiger partial charge in [-0.05, 0) is 23.8 Å². The average Bonchev–Trinajstić information content (AvgIpc) is 2.71. The topological polar surface area (TPSA) is 57.5 Å². The van der Waals surface area contributed by atoms with E-state index in [0.29, 0.717) is 20.7 Å². The number of rotatable bonds is 3. The molecule has 0 saturated heterocycles. The summed E-state index contributed by atoms with van der Waals surface area (Å²) in [5.41, 5.74) is 0.465. The number of carboxylic acid groups (broad SMARTS) is 2. The van der Waals surface area contributed by atoms with E-state index < -0.39 is 6.16 Å². The molecular formula is C10H14Br2Cl2O3. The minimum atomic E-state index is -1.83. The van der Waals surface area contributed by atoms with E-state index in [-0.39, 0.29) is 4.83 Å². The van der Waals surface area contributed by atoms with Gasteiger partial charge in [0.15, 0.2) is 0 Å². The maximum absolute atomic E-state index is 8.56. The van der Waals surface area contributed by atoms with Gasteiger partial charge in [-0.15, -0.1) is 0 Å². The first kappa shape index (κ1) is 17.6. The summed E-state index contributed by atoms with van der Waals surface area (Å²) in [6, 6.07) is 0. The largest absolute Gasteiger partial charge is 0.503 e. The molecule has 0 aromatic heterocycles. The van der Waals surface area contributed by atoms with Crippen LogP contribution in [0.1, 0.15) is 20.3 Å². The smallest absolute Gasteiger partial charge is 0.450 e. The van der Waals surface area contributed by atoms with Crippen molar-refractivity contribution in [2.75, 3.05) is 0 Å². The van der Waals surface area contributed by atoms with Gasteiger partial charge in [0.2, 0.25) is 0 Å². The molecule has 1 rings (SSSR count). The molecule has 1 aliphatic carbocycles. The van der Waals surface area contributed by atoms with E-state index in [9.17, 15) is 0 Å². The number of halogens is 4. The third-order valence-electron chi connectivity index (χ3n) is 2.56. The summed E-state index contributed by atoms with van der Waals surface area (Å²) in [6.07, 6.45) is 1.25. The molecule has 0 aromatic rings. The lowest BCUT2D eigenvalue weighted by molar-refractivity contribution is 0.137. The van der Waals surface area contributed by atoms with Crippen molar-refractivity contribution in [2.45, 2.75) is 29.9 Å². The maximum atomic E-state index is 8.56. The highest BCUT2D eigenvalue weighted by Crippen LogP contribution is 2.56. The van der Waals surface area contributed by atoms with Crippen LogP contribution in [0, 0.1) is 11.3 Å². The van der Waals surface area contributed by atoms with Gasteiger partial charge in [0, 0.05) is 9.65 Å². The van der Waals surface area contributed by atoms with Crippen LogP contribution >= 0.6 is 55.1 Å². The Morgan fingerprint density at radius 3 is 2.00 bits per heavy atom. The molecule has 0 spiro atoms. The molecule has 3 unspecified atom stereocenters. The predicted octanol–water partition coefficient (Wildman–Crippen LogP) is 5.10. The average molecular weight is 413 g/mol. The second-order valence-electron chi connectivity index (χ2n) is 4.43. The summed E-state index contributed by atoms with van der Waals surface area (Å²) < 4.78 is 0.324. The molecule has 1 saturated carbocycles. The van der Waals surface area contributed by atoms with Crippen molar-refractivity contribution in [2.24, 2.45) is 11.3 Å². The van der Waals surface area contributed by atoms with E-state index in [4.69, 9.17) is 38.2 Å². The van der Waals surface area contributed by atoms with Gasteiger partial charge in [0.1, 0.15) is 4.49 Å². The monoisotopic (exact) mass is 410 g/mol. The van der Waals surface area contributed by atoms with E-state index in [1.54, 1.807) is 0 Å². The lowest BCUT2D eigenvalue weighted by atomic mass is 10.1.